The van der Waals surface area contributed by atoms with E-state index >= 15 is 0 Å². The summed E-state index contributed by atoms with van der Waals surface area (Å²) in [5, 5.41) is 12.1. The van der Waals surface area contributed by atoms with Gasteiger partial charge in [-0.3, -0.25) is 0 Å². The fourth-order valence-corrected chi connectivity index (χ4v) is 1.75. The number of nitrogens with zero attached hydrogens (tertiary/aromatic N) is 3. The number of aryl methyl sites for hydroxylation is 2. The highest BCUT2D eigenvalue weighted by molar-refractivity contribution is 5.39. The molecule has 1 heterocycles. The Bertz CT molecular complexity index is 579. The van der Waals surface area contributed by atoms with Crippen LogP contribution >= 0.6 is 0 Å². The molecule has 0 aliphatic heterocycles. The van der Waals surface area contributed by atoms with Gasteiger partial charge in [0.05, 0.1) is 11.6 Å². The van der Waals surface area contributed by atoms with Crippen molar-refractivity contribution in [3.05, 3.63) is 53.0 Å². The summed E-state index contributed by atoms with van der Waals surface area (Å²) >= 11 is 0. The second kappa shape index (κ2) is 5.28. The highest BCUT2D eigenvalue weighted by Gasteiger charge is 1.99. The van der Waals surface area contributed by atoms with E-state index in [1.807, 2.05) is 38.1 Å². The van der Waals surface area contributed by atoms with Crippen LogP contribution in [0, 0.1) is 25.2 Å². The zero-order chi connectivity index (χ0) is 13.0. The first kappa shape index (κ1) is 12.1. The van der Waals surface area contributed by atoms with Crippen LogP contribution in [0.3, 0.4) is 0 Å². The number of hydrogen-bond acceptors (Lipinski definition) is 4. The molecule has 0 radical (unpaired) electrons. The van der Waals surface area contributed by atoms with E-state index in [-0.39, 0.29) is 0 Å². The fourth-order valence-electron chi connectivity index (χ4n) is 1.75. The summed E-state index contributed by atoms with van der Waals surface area (Å²) in [4.78, 5) is 8.53. The van der Waals surface area contributed by atoms with E-state index in [4.69, 9.17) is 5.26 Å². The van der Waals surface area contributed by atoms with E-state index < -0.39 is 0 Å². The van der Waals surface area contributed by atoms with Crippen molar-refractivity contribution in [2.45, 2.75) is 20.4 Å². The molecule has 0 saturated heterocycles. The van der Waals surface area contributed by atoms with Gasteiger partial charge in [0.25, 0.3) is 0 Å². The van der Waals surface area contributed by atoms with Crippen LogP contribution in [0.2, 0.25) is 0 Å². The standard InChI is InChI=1S/C14H14N4/c1-10-6-14(18-11(2)17-10)16-9-13-5-3-4-12(7-13)8-15/h3-7H,9H2,1-2H3,(H,16,17,18). The van der Waals surface area contributed by atoms with E-state index in [0.29, 0.717) is 12.1 Å². The van der Waals surface area contributed by atoms with E-state index in [2.05, 4.69) is 21.4 Å². The summed E-state index contributed by atoms with van der Waals surface area (Å²) < 4.78 is 0. The van der Waals surface area contributed by atoms with Crippen molar-refractivity contribution in [2.24, 2.45) is 0 Å². The van der Waals surface area contributed by atoms with E-state index in [1.54, 1.807) is 6.07 Å². The number of nitrogens with one attached hydrogen (secondary N) is 1. The van der Waals surface area contributed by atoms with Gasteiger partial charge in [-0.05, 0) is 31.5 Å². The molecule has 18 heavy (non-hydrogen) atoms. The predicted molar refractivity (Wildman–Crippen MR) is 70.0 cm³/mol. The van der Waals surface area contributed by atoms with Gasteiger partial charge in [-0.25, -0.2) is 9.97 Å². The van der Waals surface area contributed by atoms with Gasteiger partial charge in [-0.2, -0.15) is 5.26 Å². The minimum Gasteiger partial charge on any atom is -0.366 e. The Kier molecular flexibility index (Phi) is 3.54. The van der Waals surface area contributed by atoms with Crippen molar-refractivity contribution in [1.82, 2.24) is 9.97 Å². The van der Waals surface area contributed by atoms with Crippen molar-refractivity contribution >= 4 is 5.82 Å². The van der Waals surface area contributed by atoms with Crippen molar-refractivity contribution in [2.75, 3.05) is 5.32 Å². The average molecular weight is 238 g/mol. The molecular weight excluding hydrogens is 224 g/mol. The zero-order valence-corrected chi connectivity index (χ0v) is 10.4. The van der Waals surface area contributed by atoms with Crippen molar-refractivity contribution in [1.29, 1.82) is 5.26 Å². The molecule has 0 spiro atoms. The normalized spacial score (nSPS) is 9.83. The Labute approximate surface area is 106 Å². The van der Waals surface area contributed by atoms with Gasteiger partial charge in [0.2, 0.25) is 0 Å². The van der Waals surface area contributed by atoms with Crippen LogP contribution in [0.15, 0.2) is 30.3 Å². The molecular formula is C14H14N4. The maximum atomic E-state index is 8.83. The number of benzene rings is 1. The van der Waals surface area contributed by atoms with Crippen LogP contribution in [0.4, 0.5) is 5.82 Å². The molecule has 90 valence electrons. The maximum absolute atomic E-state index is 8.83. The van der Waals surface area contributed by atoms with Crippen LogP contribution in [0.25, 0.3) is 0 Å². The van der Waals surface area contributed by atoms with Crippen LogP contribution in [0.1, 0.15) is 22.6 Å². The molecule has 0 fully saturated rings. The van der Waals surface area contributed by atoms with Gasteiger partial charge in [-0.15, -0.1) is 0 Å². The van der Waals surface area contributed by atoms with Gasteiger partial charge < -0.3 is 5.32 Å². The molecule has 0 amide bonds. The van der Waals surface area contributed by atoms with Gasteiger partial charge in [-0.1, -0.05) is 12.1 Å². The molecule has 2 rings (SSSR count). The molecule has 0 atom stereocenters. The molecule has 2 aromatic rings. The Balaban J connectivity index is 2.09. The molecule has 0 unspecified atom stereocenters. The second-order valence-electron chi connectivity index (χ2n) is 4.11. The summed E-state index contributed by atoms with van der Waals surface area (Å²) in [6.07, 6.45) is 0. The molecule has 0 aliphatic rings. The number of anilines is 1. The zero-order valence-electron chi connectivity index (χ0n) is 10.4. The molecule has 1 aromatic carbocycles. The largest absolute Gasteiger partial charge is 0.366 e. The third-order valence-electron chi connectivity index (χ3n) is 2.50. The fraction of sp³-hybridized carbons (Fsp3) is 0.214. The molecule has 0 bridgehead atoms. The smallest absolute Gasteiger partial charge is 0.130 e. The monoisotopic (exact) mass is 238 g/mol. The number of rotatable bonds is 3. The first-order valence-corrected chi connectivity index (χ1v) is 5.72. The van der Waals surface area contributed by atoms with Crippen LogP contribution in [-0.2, 0) is 6.54 Å². The topological polar surface area (TPSA) is 61.6 Å². The summed E-state index contributed by atoms with van der Waals surface area (Å²) in [6, 6.07) is 11.6. The minimum absolute atomic E-state index is 0.644. The lowest BCUT2D eigenvalue weighted by Gasteiger charge is -2.07. The van der Waals surface area contributed by atoms with Crippen molar-refractivity contribution < 1.29 is 0 Å². The quantitative estimate of drug-likeness (QED) is 0.892. The van der Waals surface area contributed by atoms with Gasteiger partial charge in [0.1, 0.15) is 11.6 Å². The van der Waals surface area contributed by atoms with Crippen LogP contribution in [0.5, 0.6) is 0 Å². The minimum atomic E-state index is 0.644. The third kappa shape index (κ3) is 3.05. The third-order valence-corrected chi connectivity index (χ3v) is 2.50. The highest BCUT2D eigenvalue weighted by Crippen LogP contribution is 2.09. The lowest BCUT2D eigenvalue weighted by molar-refractivity contribution is 0.991. The SMILES string of the molecule is Cc1cc(NCc2cccc(C#N)c2)nc(C)n1. The van der Waals surface area contributed by atoms with Crippen molar-refractivity contribution in [3.8, 4) is 6.07 Å². The lowest BCUT2D eigenvalue weighted by Crippen LogP contribution is -2.04. The molecule has 4 nitrogen and oxygen atoms in total. The summed E-state index contributed by atoms with van der Waals surface area (Å²) in [7, 11) is 0. The van der Waals surface area contributed by atoms with Crippen LogP contribution in [-0.4, -0.2) is 9.97 Å². The highest BCUT2D eigenvalue weighted by atomic mass is 15.0. The Morgan fingerprint density at radius 2 is 2.06 bits per heavy atom. The number of hydrogen-bond donors (Lipinski definition) is 1. The number of aromatic nitrogens is 2. The average Bonchev–Trinajstić information content (AvgIpc) is 2.35. The molecule has 1 aromatic heterocycles. The predicted octanol–water partition coefficient (Wildman–Crippen LogP) is 2.58. The van der Waals surface area contributed by atoms with Gasteiger partial charge in [0.15, 0.2) is 0 Å². The van der Waals surface area contributed by atoms with E-state index in [0.717, 1.165) is 22.9 Å². The van der Waals surface area contributed by atoms with E-state index in [1.165, 1.54) is 0 Å². The Morgan fingerprint density at radius 1 is 1.22 bits per heavy atom. The van der Waals surface area contributed by atoms with Crippen molar-refractivity contribution in [3.63, 3.8) is 0 Å². The first-order chi connectivity index (χ1) is 8.67. The van der Waals surface area contributed by atoms with Crippen LogP contribution < -0.4 is 5.32 Å². The summed E-state index contributed by atoms with van der Waals surface area (Å²) in [5.74, 6) is 1.56. The van der Waals surface area contributed by atoms with Gasteiger partial charge in [0, 0.05) is 18.3 Å². The summed E-state index contributed by atoms with van der Waals surface area (Å²) in [6.45, 7) is 4.45. The maximum Gasteiger partial charge on any atom is 0.130 e. The summed E-state index contributed by atoms with van der Waals surface area (Å²) in [5.41, 5.74) is 2.67. The molecule has 0 saturated carbocycles. The van der Waals surface area contributed by atoms with E-state index in [9.17, 15) is 0 Å². The molecule has 4 heteroatoms. The second-order valence-corrected chi connectivity index (χ2v) is 4.11. The van der Waals surface area contributed by atoms with Gasteiger partial charge >= 0.3 is 0 Å². The Morgan fingerprint density at radius 3 is 2.78 bits per heavy atom. The Hall–Kier alpha value is -2.41. The lowest BCUT2D eigenvalue weighted by atomic mass is 10.1. The number of nitriles is 1. The first-order valence-electron chi connectivity index (χ1n) is 5.72. The molecule has 1 N–H and O–H groups in total. The molecule has 0 aliphatic carbocycles.